The van der Waals surface area contributed by atoms with Gasteiger partial charge >= 0.3 is 5.69 Å². The van der Waals surface area contributed by atoms with E-state index in [2.05, 4.69) is 25.9 Å². The Morgan fingerprint density at radius 2 is 1.88 bits per heavy atom. The molecule has 172 valence electrons. The number of H-pyrrole nitrogens is 1. The summed E-state index contributed by atoms with van der Waals surface area (Å²) < 4.78 is 13.5. The predicted molar refractivity (Wildman–Crippen MR) is 124 cm³/mol. The van der Waals surface area contributed by atoms with Gasteiger partial charge in [-0.15, -0.1) is 0 Å². The zero-order valence-electron chi connectivity index (χ0n) is 18.9. The van der Waals surface area contributed by atoms with Gasteiger partial charge in [0.1, 0.15) is 5.75 Å². The SMILES string of the molecule is COCCN1CCN(c2cnc3c(c2)c2[nH+]cnn2c(=O)n3Cc2ccc(OC)cc2)CC1. The quantitative estimate of drug-likeness (QED) is 0.409. The first-order valence-electron chi connectivity index (χ1n) is 11.0. The number of rotatable bonds is 7. The molecule has 1 N–H and O–H groups in total. The highest BCUT2D eigenvalue weighted by Gasteiger charge is 2.22. The molecular formula is C23H28N7O3+. The summed E-state index contributed by atoms with van der Waals surface area (Å²) in [5.41, 5.74) is 3.06. The molecule has 10 nitrogen and oxygen atoms in total. The second kappa shape index (κ2) is 9.16. The van der Waals surface area contributed by atoms with E-state index >= 15 is 0 Å². The van der Waals surface area contributed by atoms with Gasteiger partial charge in [0.2, 0.25) is 0 Å². The van der Waals surface area contributed by atoms with E-state index < -0.39 is 0 Å². The average Bonchev–Trinajstić information content (AvgIpc) is 3.36. The van der Waals surface area contributed by atoms with Gasteiger partial charge in [0.05, 0.1) is 37.5 Å². The Morgan fingerprint density at radius 1 is 1.09 bits per heavy atom. The van der Waals surface area contributed by atoms with Crippen LogP contribution in [0, 0.1) is 0 Å². The summed E-state index contributed by atoms with van der Waals surface area (Å²) >= 11 is 0. The molecule has 0 unspecified atom stereocenters. The summed E-state index contributed by atoms with van der Waals surface area (Å²) in [5.74, 6) is 0.776. The van der Waals surface area contributed by atoms with E-state index in [1.807, 2.05) is 30.5 Å². The minimum Gasteiger partial charge on any atom is -0.497 e. The lowest BCUT2D eigenvalue weighted by Crippen LogP contribution is -2.47. The lowest BCUT2D eigenvalue weighted by atomic mass is 10.2. The van der Waals surface area contributed by atoms with Crippen LogP contribution in [-0.2, 0) is 11.3 Å². The van der Waals surface area contributed by atoms with Crippen LogP contribution in [0.4, 0.5) is 5.69 Å². The fraction of sp³-hybridized carbons (Fsp3) is 0.391. The van der Waals surface area contributed by atoms with Crippen LogP contribution in [0.15, 0.2) is 47.7 Å². The molecule has 0 aliphatic carbocycles. The molecule has 0 bridgehead atoms. The number of anilines is 1. The summed E-state index contributed by atoms with van der Waals surface area (Å²) in [6.45, 7) is 5.88. The summed E-state index contributed by atoms with van der Waals surface area (Å²) in [4.78, 5) is 25.8. The number of hydrogen-bond donors (Lipinski definition) is 0. The van der Waals surface area contributed by atoms with Crippen molar-refractivity contribution in [1.82, 2.24) is 24.1 Å². The van der Waals surface area contributed by atoms with E-state index in [0.29, 0.717) is 17.8 Å². The lowest BCUT2D eigenvalue weighted by Gasteiger charge is -2.35. The highest BCUT2D eigenvalue weighted by Crippen LogP contribution is 2.23. The first-order chi connectivity index (χ1) is 16.2. The number of ether oxygens (including phenoxy) is 2. The van der Waals surface area contributed by atoms with Crippen LogP contribution in [0.5, 0.6) is 5.75 Å². The number of pyridine rings is 1. The van der Waals surface area contributed by atoms with Gasteiger partial charge in [-0.2, -0.15) is 0 Å². The van der Waals surface area contributed by atoms with Crippen LogP contribution in [0.2, 0.25) is 0 Å². The smallest absolute Gasteiger partial charge is 0.425 e. The molecule has 33 heavy (non-hydrogen) atoms. The van der Waals surface area contributed by atoms with Crippen molar-refractivity contribution >= 4 is 22.4 Å². The zero-order chi connectivity index (χ0) is 22.8. The molecule has 0 spiro atoms. The van der Waals surface area contributed by atoms with Crippen LogP contribution in [0.25, 0.3) is 16.7 Å². The van der Waals surface area contributed by atoms with E-state index in [0.717, 1.165) is 61.7 Å². The summed E-state index contributed by atoms with van der Waals surface area (Å²) in [5, 5.41) is 5.09. The Hall–Kier alpha value is -3.50. The molecule has 0 atom stereocenters. The maximum absolute atomic E-state index is 13.2. The van der Waals surface area contributed by atoms with Gasteiger partial charge in [-0.1, -0.05) is 12.1 Å². The third kappa shape index (κ3) is 4.14. The summed E-state index contributed by atoms with van der Waals surface area (Å²) in [7, 11) is 3.37. The standard InChI is InChI=1S/C23H27N7O3/c1-32-12-11-27-7-9-28(10-8-27)18-13-20-21(24-14-18)29(23(31)30-22(20)25-16-26-30)15-17-3-5-19(33-2)6-4-17/h3-6,13-14,16H,7-12,15H2,1-2H3/p+1. The van der Waals surface area contributed by atoms with Crippen LogP contribution in [-0.4, -0.2) is 77.6 Å². The van der Waals surface area contributed by atoms with Gasteiger partial charge in [0.15, 0.2) is 5.65 Å². The van der Waals surface area contributed by atoms with E-state index in [1.54, 1.807) is 18.8 Å². The Bertz CT molecular complexity index is 1310. The predicted octanol–water partition coefficient (Wildman–Crippen LogP) is 0.684. The van der Waals surface area contributed by atoms with E-state index in [1.165, 1.54) is 10.8 Å². The molecule has 5 rings (SSSR count). The highest BCUT2D eigenvalue weighted by atomic mass is 16.5. The first kappa shape index (κ1) is 21.4. The van der Waals surface area contributed by atoms with Crippen molar-refractivity contribution in [3.63, 3.8) is 0 Å². The van der Waals surface area contributed by atoms with Gasteiger partial charge in [0.25, 0.3) is 12.0 Å². The van der Waals surface area contributed by atoms with Crippen molar-refractivity contribution in [2.24, 2.45) is 0 Å². The molecule has 1 aliphatic rings. The number of nitrogens with zero attached hydrogens (tertiary/aromatic N) is 6. The number of aromatic amines is 1. The molecule has 1 fully saturated rings. The number of nitrogens with one attached hydrogen (secondary N) is 1. The van der Waals surface area contributed by atoms with Crippen molar-refractivity contribution in [3.8, 4) is 5.75 Å². The number of hydrogen-bond acceptors (Lipinski definition) is 7. The molecule has 4 heterocycles. The van der Waals surface area contributed by atoms with Crippen molar-refractivity contribution < 1.29 is 14.5 Å². The van der Waals surface area contributed by atoms with Crippen LogP contribution < -0.4 is 20.3 Å². The second-order valence-electron chi connectivity index (χ2n) is 8.15. The van der Waals surface area contributed by atoms with Gasteiger partial charge < -0.3 is 14.4 Å². The average molecular weight is 451 g/mol. The Morgan fingerprint density at radius 3 is 2.61 bits per heavy atom. The van der Waals surface area contributed by atoms with Crippen LogP contribution >= 0.6 is 0 Å². The maximum atomic E-state index is 13.2. The number of fused-ring (bicyclic) bond motifs is 3. The monoisotopic (exact) mass is 450 g/mol. The Labute approximate surface area is 191 Å². The van der Waals surface area contributed by atoms with Crippen molar-refractivity contribution in [1.29, 1.82) is 0 Å². The fourth-order valence-corrected chi connectivity index (χ4v) is 4.32. The maximum Gasteiger partial charge on any atom is 0.425 e. The molecule has 10 heteroatoms. The van der Waals surface area contributed by atoms with Crippen LogP contribution in [0.1, 0.15) is 5.56 Å². The molecule has 1 aromatic carbocycles. The number of methoxy groups -OCH3 is 2. The minimum absolute atomic E-state index is 0.235. The van der Waals surface area contributed by atoms with Crippen LogP contribution in [0.3, 0.4) is 0 Å². The zero-order valence-corrected chi connectivity index (χ0v) is 18.9. The molecular weight excluding hydrogens is 422 g/mol. The molecule has 4 aromatic rings. The molecule has 0 amide bonds. The van der Waals surface area contributed by atoms with Gasteiger partial charge in [0, 0.05) is 44.9 Å². The van der Waals surface area contributed by atoms with E-state index in [4.69, 9.17) is 14.5 Å². The molecule has 1 aliphatic heterocycles. The van der Waals surface area contributed by atoms with Gasteiger partial charge in [-0.3, -0.25) is 9.47 Å². The molecule has 0 radical (unpaired) electrons. The van der Waals surface area contributed by atoms with Crippen molar-refractivity contribution in [3.05, 3.63) is 58.9 Å². The molecule has 0 saturated carbocycles. The van der Waals surface area contributed by atoms with E-state index in [-0.39, 0.29) is 5.69 Å². The number of benzene rings is 1. The van der Waals surface area contributed by atoms with E-state index in [9.17, 15) is 4.79 Å². The number of piperazine rings is 1. The van der Waals surface area contributed by atoms with Crippen molar-refractivity contribution in [2.75, 3.05) is 58.5 Å². The third-order valence-corrected chi connectivity index (χ3v) is 6.21. The summed E-state index contributed by atoms with van der Waals surface area (Å²) in [6.07, 6.45) is 3.40. The summed E-state index contributed by atoms with van der Waals surface area (Å²) in [6, 6.07) is 9.79. The normalized spacial score (nSPS) is 14.9. The molecule has 3 aromatic heterocycles. The number of aromatic nitrogens is 5. The van der Waals surface area contributed by atoms with Gasteiger partial charge in [-0.25, -0.2) is 14.8 Å². The molecule has 1 saturated heterocycles. The largest absolute Gasteiger partial charge is 0.497 e. The highest BCUT2D eigenvalue weighted by molar-refractivity contribution is 5.89. The minimum atomic E-state index is -0.235. The fourth-order valence-electron chi connectivity index (χ4n) is 4.32. The topological polar surface area (TPSA) is 91.3 Å². The van der Waals surface area contributed by atoms with Gasteiger partial charge in [-0.05, 0) is 28.3 Å². The Balaban J connectivity index is 1.50. The first-order valence-corrected chi connectivity index (χ1v) is 11.0. The van der Waals surface area contributed by atoms with Crippen molar-refractivity contribution in [2.45, 2.75) is 6.54 Å². The third-order valence-electron chi connectivity index (χ3n) is 6.21. The lowest BCUT2D eigenvalue weighted by molar-refractivity contribution is -0.345. The Kier molecular flexibility index (Phi) is 5.93. The second-order valence-corrected chi connectivity index (χ2v) is 8.15.